The predicted molar refractivity (Wildman–Crippen MR) is 123 cm³/mol. The van der Waals surface area contributed by atoms with Crippen molar-refractivity contribution in [3.05, 3.63) is 42.7 Å². The summed E-state index contributed by atoms with van der Waals surface area (Å²) >= 11 is 0. The number of aliphatic carboxylic acids is 1. The fraction of sp³-hybridized carbons (Fsp3) is 0.292. The second-order valence-corrected chi connectivity index (χ2v) is 7.16. The first-order valence-electron chi connectivity index (χ1n) is 10.4. The first-order chi connectivity index (χ1) is 16.4. The summed E-state index contributed by atoms with van der Waals surface area (Å²) in [6.07, 6.45) is 1.66. The van der Waals surface area contributed by atoms with E-state index in [1.807, 2.05) is 6.07 Å². The van der Waals surface area contributed by atoms with Gasteiger partial charge in [-0.1, -0.05) is 17.3 Å². The number of ether oxygens (including phenoxy) is 3. The second kappa shape index (κ2) is 11.2. The van der Waals surface area contributed by atoms with E-state index in [4.69, 9.17) is 28.7 Å². The third kappa shape index (κ3) is 5.29. The van der Waals surface area contributed by atoms with E-state index in [1.165, 1.54) is 34.7 Å². The molecule has 0 saturated carbocycles. The second-order valence-electron chi connectivity index (χ2n) is 7.16. The van der Waals surface area contributed by atoms with Gasteiger partial charge in [-0.05, 0) is 36.2 Å². The van der Waals surface area contributed by atoms with Gasteiger partial charge in [0.1, 0.15) is 12.0 Å². The van der Waals surface area contributed by atoms with Crippen LogP contribution in [0.5, 0.6) is 17.2 Å². The van der Waals surface area contributed by atoms with Crippen LogP contribution in [0.25, 0.3) is 22.4 Å². The molecule has 2 aromatic carbocycles. The summed E-state index contributed by atoms with van der Waals surface area (Å²) in [4.78, 5) is 28.6. The monoisotopic (exact) mass is 470 g/mol. The van der Waals surface area contributed by atoms with Gasteiger partial charge in [0.15, 0.2) is 11.5 Å². The summed E-state index contributed by atoms with van der Waals surface area (Å²) in [6.45, 7) is 0. The lowest BCUT2D eigenvalue weighted by molar-refractivity contribution is -0.137. The average molecular weight is 470 g/mol. The molecule has 0 saturated heterocycles. The van der Waals surface area contributed by atoms with E-state index in [0.717, 1.165) is 10.6 Å². The molecule has 0 atom stereocenters. The fourth-order valence-electron chi connectivity index (χ4n) is 3.51. The van der Waals surface area contributed by atoms with E-state index in [2.05, 4.69) is 5.16 Å². The van der Waals surface area contributed by atoms with Crippen LogP contribution < -0.4 is 19.3 Å². The van der Waals surface area contributed by atoms with Gasteiger partial charge in [-0.3, -0.25) is 14.4 Å². The van der Waals surface area contributed by atoms with Crippen molar-refractivity contribution in [3.8, 4) is 39.6 Å². The molecule has 1 amide bonds. The molecular weight excluding hydrogens is 444 g/mol. The number of rotatable bonds is 11. The third-order valence-corrected chi connectivity index (χ3v) is 5.09. The van der Waals surface area contributed by atoms with Gasteiger partial charge in [0, 0.05) is 24.0 Å². The van der Waals surface area contributed by atoms with Crippen LogP contribution in [0.2, 0.25) is 0 Å². The van der Waals surface area contributed by atoms with Gasteiger partial charge in [-0.15, -0.1) is 0 Å². The smallest absolute Gasteiger partial charge is 0.303 e. The summed E-state index contributed by atoms with van der Waals surface area (Å²) in [7, 11) is 5.96. The van der Waals surface area contributed by atoms with Crippen LogP contribution >= 0.6 is 0 Å². The van der Waals surface area contributed by atoms with Crippen LogP contribution in [0, 0.1) is 0 Å². The number of hydroxylamine groups is 1. The Bertz CT molecular complexity index is 1130. The maximum absolute atomic E-state index is 12.6. The molecule has 0 aliphatic rings. The van der Waals surface area contributed by atoms with Crippen molar-refractivity contribution in [2.75, 3.05) is 33.5 Å². The van der Waals surface area contributed by atoms with Crippen LogP contribution in [0.4, 0.5) is 5.69 Å². The van der Waals surface area contributed by atoms with Crippen LogP contribution in [-0.4, -0.2) is 50.6 Å². The first-order valence-corrected chi connectivity index (χ1v) is 10.4. The molecule has 3 aromatic rings. The van der Waals surface area contributed by atoms with E-state index in [0.29, 0.717) is 39.8 Å². The lowest BCUT2D eigenvalue weighted by Gasteiger charge is -2.20. The van der Waals surface area contributed by atoms with Crippen LogP contribution in [-0.2, 0) is 14.4 Å². The van der Waals surface area contributed by atoms with E-state index in [-0.39, 0.29) is 25.2 Å². The Kier molecular flexibility index (Phi) is 8.10. The number of amides is 1. The topological polar surface area (TPSA) is 121 Å². The molecule has 10 nitrogen and oxygen atoms in total. The maximum Gasteiger partial charge on any atom is 0.303 e. The first kappa shape index (κ1) is 24.6. The minimum absolute atomic E-state index is 0.0360. The molecule has 0 unspecified atom stereocenters. The van der Waals surface area contributed by atoms with E-state index < -0.39 is 5.97 Å². The van der Waals surface area contributed by atoms with Crippen molar-refractivity contribution >= 4 is 17.6 Å². The minimum Gasteiger partial charge on any atom is -0.493 e. The minimum atomic E-state index is -0.953. The lowest BCUT2D eigenvalue weighted by Crippen LogP contribution is -2.29. The highest BCUT2D eigenvalue weighted by molar-refractivity contribution is 5.93. The van der Waals surface area contributed by atoms with Gasteiger partial charge < -0.3 is 23.8 Å². The number of carboxylic acids is 1. The number of carboxylic acid groups (broad SMARTS) is 1. The van der Waals surface area contributed by atoms with Gasteiger partial charge in [-0.2, -0.15) is 5.06 Å². The highest BCUT2D eigenvalue weighted by Crippen LogP contribution is 2.43. The molecule has 0 aliphatic carbocycles. The molecular formula is C24H26N2O8. The van der Waals surface area contributed by atoms with Crippen molar-refractivity contribution < 1.29 is 38.3 Å². The number of hydrogen-bond acceptors (Lipinski definition) is 8. The Hall–Kier alpha value is -4.05. The van der Waals surface area contributed by atoms with Crippen molar-refractivity contribution in [1.82, 2.24) is 5.16 Å². The van der Waals surface area contributed by atoms with Gasteiger partial charge in [-0.25, -0.2) is 0 Å². The van der Waals surface area contributed by atoms with E-state index in [1.54, 1.807) is 30.3 Å². The molecule has 10 heteroatoms. The highest BCUT2D eigenvalue weighted by atomic mass is 16.7. The normalized spacial score (nSPS) is 10.6. The summed E-state index contributed by atoms with van der Waals surface area (Å²) in [5, 5.41) is 14.1. The van der Waals surface area contributed by atoms with Gasteiger partial charge in [0.05, 0.1) is 34.1 Å². The molecule has 0 fully saturated rings. The van der Waals surface area contributed by atoms with Crippen LogP contribution in [0.15, 0.2) is 47.2 Å². The predicted octanol–water partition coefficient (Wildman–Crippen LogP) is 4.18. The molecule has 1 aromatic heterocycles. The number of benzene rings is 2. The largest absolute Gasteiger partial charge is 0.493 e. The van der Waals surface area contributed by atoms with Crippen molar-refractivity contribution in [2.45, 2.75) is 19.3 Å². The van der Waals surface area contributed by atoms with E-state index in [9.17, 15) is 9.59 Å². The zero-order valence-corrected chi connectivity index (χ0v) is 19.4. The standard InChI is InChI=1S/C24H26N2O8/c1-30-19-12-16(13-20(31-2)24(19)32-3)23-18(14-34-25-23)15-7-5-8-17(11-15)26(33-4)21(27)9-6-10-22(28)29/h5,7-8,11-14H,6,9-10H2,1-4H3,(H,28,29). The molecule has 0 bridgehead atoms. The van der Waals surface area contributed by atoms with Crippen LogP contribution in [0.1, 0.15) is 19.3 Å². The zero-order chi connectivity index (χ0) is 24.7. The Morgan fingerprint density at radius 3 is 2.26 bits per heavy atom. The quantitative estimate of drug-likeness (QED) is 0.411. The molecule has 0 radical (unpaired) electrons. The van der Waals surface area contributed by atoms with E-state index >= 15 is 0 Å². The molecule has 180 valence electrons. The Morgan fingerprint density at radius 1 is 0.971 bits per heavy atom. The summed E-state index contributed by atoms with van der Waals surface area (Å²) in [5.74, 6) is 0.0914. The summed E-state index contributed by atoms with van der Waals surface area (Å²) in [6, 6.07) is 10.6. The maximum atomic E-state index is 12.6. The number of aromatic nitrogens is 1. The SMILES string of the molecule is COc1cc(-c2nocc2-c2cccc(N(OC)C(=O)CCCC(=O)O)c2)cc(OC)c1OC. The Balaban J connectivity index is 1.96. The summed E-state index contributed by atoms with van der Waals surface area (Å²) < 4.78 is 21.5. The van der Waals surface area contributed by atoms with Crippen molar-refractivity contribution in [1.29, 1.82) is 0 Å². The number of carbonyl (C=O) groups excluding carboxylic acids is 1. The Morgan fingerprint density at radius 2 is 1.68 bits per heavy atom. The van der Waals surface area contributed by atoms with Crippen molar-refractivity contribution in [2.24, 2.45) is 0 Å². The van der Waals surface area contributed by atoms with Crippen molar-refractivity contribution in [3.63, 3.8) is 0 Å². The van der Waals surface area contributed by atoms with Crippen LogP contribution in [0.3, 0.4) is 0 Å². The van der Waals surface area contributed by atoms with Gasteiger partial charge in [0.25, 0.3) is 5.91 Å². The number of carbonyl (C=O) groups is 2. The number of nitrogens with zero attached hydrogens (tertiary/aromatic N) is 2. The van der Waals surface area contributed by atoms with Gasteiger partial charge >= 0.3 is 5.97 Å². The number of hydrogen-bond donors (Lipinski definition) is 1. The molecule has 0 aliphatic heterocycles. The lowest BCUT2D eigenvalue weighted by atomic mass is 10.0. The van der Waals surface area contributed by atoms with Gasteiger partial charge in [0.2, 0.25) is 5.75 Å². The average Bonchev–Trinajstić information content (AvgIpc) is 3.33. The molecule has 1 heterocycles. The summed E-state index contributed by atoms with van der Waals surface area (Å²) in [5.41, 5.74) is 3.09. The molecule has 0 spiro atoms. The molecule has 34 heavy (non-hydrogen) atoms. The fourth-order valence-corrected chi connectivity index (χ4v) is 3.51. The number of anilines is 1. The zero-order valence-electron chi connectivity index (χ0n) is 19.4. The molecule has 1 N–H and O–H groups in total. The third-order valence-electron chi connectivity index (χ3n) is 5.09. The Labute approximate surface area is 196 Å². The highest BCUT2D eigenvalue weighted by Gasteiger charge is 2.21. The number of methoxy groups -OCH3 is 3. The molecule has 3 rings (SSSR count).